The Hall–Kier alpha value is -2.46. The monoisotopic (exact) mass is 474 g/mol. The van der Waals surface area contributed by atoms with E-state index >= 15 is 0 Å². The molecular weight excluding hydrogens is 449 g/mol. The smallest absolute Gasteiger partial charge is 0.304 e. The number of hydrogen-bond acceptors (Lipinski definition) is 6. The maximum absolute atomic E-state index is 12.8. The standard InChI is InChI=1S/C23H25F3N6S/c1-31-20(19-4-2-10-27-28-19)29-30-21(31)33-13-3-11-32-12-9-22(15-32)14-18(22)16-5-7-17(8-6-16)23(24,25)26/h2,4-8,10,18H,3,9,11-15H2,1H3/t18-,22+/m0/s1. The maximum atomic E-state index is 12.8. The number of halogens is 3. The molecule has 33 heavy (non-hydrogen) atoms. The van der Waals surface area contributed by atoms with Crippen molar-refractivity contribution in [3.05, 3.63) is 53.7 Å². The van der Waals surface area contributed by atoms with Gasteiger partial charge in [-0.15, -0.1) is 15.3 Å². The number of alkyl halides is 3. The van der Waals surface area contributed by atoms with Gasteiger partial charge in [-0.05, 0) is 73.5 Å². The molecule has 0 amide bonds. The van der Waals surface area contributed by atoms with E-state index in [4.69, 9.17) is 0 Å². The summed E-state index contributed by atoms with van der Waals surface area (Å²) in [7, 11) is 1.94. The summed E-state index contributed by atoms with van der Waals surface area (Å²) in [4.78, 5) is 2.49. The lowest BCUT2D eigenvalue weighted by Gasteiger charge is -2.16. The Morgan fingerprint density at radius 1 is 1.12 bits per heavy atom. The summed E-state index contributed by atoms with van der Waals surface area (Å²) in [6, 6.07) is 9.45. The van der Waals surface area contributed by atoms with Crippen molar-refractivity contribution in [2.24, 2.45) is 12.5 Å². The third-order valence-electron chi connectivity index (χ3n) is 6.78. The van der Waals surface area contributed by atoms with E-state index in [0.717, 1.165) is 55.4 Å². The molecule has 1 saturated carbocycles. The van der Waals surface area contributed by atoms with Gasteiger partial charge in [0.25, 0.3) is 0 Å². The van der Waals surface area contributed by atoms with Crippen LogP contribution in [0.5, 0.6) is 0 Å². The van der Waals surface area contributed by atoms with Crippen LogP contribution in [0.3, 0.4) is 0 Å². The molecule has 10 heteroatoms. The van der Waals surface area contributed by atoms with Crippen LogP contribution in [0.1, 0.15) is 36.3 Å². The predicted molar refractivity (Wildman–Crippen MR) is 120 cm³/mol. The highest BCUT2D eigenvalue weighted by Crippen LogP contribution is 2.64. The molecule has 2 fully saturated rings. The van der Waals surface area contributed by atoms with Gasteiger partial charge in [-0.2, -0.15) is 18.3 Å². The van der Waals surface area contributed by atoms with E-state index in [9.17, 15) is 13.2 Å². The van der Waals surface area contributed by atoms with Crippen LogP contribution >= 0.6 is 11.8 Å². The van der Waals surface area contributed by atoms with Crippen molar-refractivity contribution in [1.29, 1.82) is 0 Å². The van der Waals surface area contributed by atoms with E-state index in [1.807, 2.05) is 23.7 Å². The predicted octanol–water partition coefficient (Wildman–Crippen LogP) is 4.65. The molecule has 5 rings (SSSR count). The van der Waals surface area contributed by atoms with Gasteiger partial charge in [-0.3, -0.25) is 0 Å². The van der Waals surface area contributed by atoms with Crippen LogP contribution in [0.4, 0.5) is 13.2 Å². The van der Waals surface area contributed by atoms with Crippen molar-refractivity contribution in [3.8, 4) is 11.5 Å². The zero-order valence-corrected chi connectivity index (χ0v) is 19.1. The first-order chi connectivity index (χ1) is 15.9. The Labute approximate surface area is 194 Å². The summed E-state index contributed by atoms with van der Waals surface area (Å²) in [6.45, 7) is 3.11. The lowest BCUT2D eigenvalue weighted by atomic mass is 9.97. The van der Waals surface area contributed by atoms with Crippen molar-refractivity contribution >= 4 is 11.8 Å². The van der Waals surface area contributed by atoms with Crippen LogP contribution in [-0.2, 0) is 13.2 Å². The van der Waals surface area contributed by atoms with Crippen molar-refractivity contribution in [2.45, 2.75) is 36.5 Å². The Kier molecular flexibility index (Phi) is 5.90. The summed E-state index contributed by atoms with van der Waals surface area (Å²) in [5.41, 5.74) is 1.43. The number of thioether (sulfide) groups is 1. The number of nitrogens with zero attached hydrogens (tertiary/aromatic N) is 6. The molecule has 0 unspecified atom stereocenters. The maximum Gasteiger partial charge on any atom is 0.416 e. The fourth-order valence-electron chi connectivity index (χ4n) is 4.89. The van der Waals surface area contributed by atoms with Gasteiger partial charge in [0.2, 0.25) is 0 Å². The molecule has 0 radical (unpaired) electrons. The number of likely N-dealkylation sites (tertiary alicyclic amines) is 1. The summed E-state index contributed by atoms with van der Waals surface area (Å²) in [6.07, 6.45) is 0.596. The summed E-state index contributed by atoms with van der Waals surface area (Å²) in [5.74, 6) is 2.03. The minimum absolute atomic E-state index is 0.252. The molecule has 1 aromatic carbocycles. The quantitative estimate of drug-likeness (QED) is 0.367. The van der Waals surface area contributed by atoms with E-state index in [1.54, 1.807) is 30.1 Å². The highest BCUT2D eigenvalue weighted by molar-refractivity contribution is 7.99. The first kappa shape index (κ1) is 22.3. The topological polar surface area (TPSA) is 59.7 Å². The minimum atomic E-state index is -4.27. The van der Waals surface area contributed by atoms with Gasteiger partial charge in [0, 0.05) is 25.5 Å². The molecule has 0 bridgehead atoms. The molecule has 2 aromatic heterocycles. The van der Waals surface area contributed by atoms with Crippen molar-refractivity contribution in [2.75, 3.05) is 25.4 Å². The van der Waals surface area contributed by atoms with Gasteiger partial charge < -0.3 is 9.47 Å². The average molecular weight is 475 g/mol. The highest BCUT2D eigenvalue weighted by Gasteiger charge is 2.57. The van der Waals surface area contributed by atoms with Crippen LogP contribution in [-0.4, -0.2) is 55.2 Å². The van der Waals surface area contributed by atoms with Crippen molar-refractivity contribution < 1.29 is 13.2 Å². The van der Waals surface area contributed by atoms with Crippen LogP contribution in [0.25, 0.3) is 11.5 Å². The number of benzene rings is 1. The van der Waals surface area contributed by atoms with E-state index in [-0.39, 0.29) is 5.41 Å². The van der Waals surface area contributed by atoms with Crippen molar-refractivity contribution in [3.63, 3.8) is 0 Å². The molecule has 3 aromatic rings. The minimum Gasteiger partial charge on any atom is -0.304 e. The number of aromatic nitrogens is 5. The third-order valence-corrected chi connectivity index (χ3v) is 7.89. The molecule has 6 nitrogen and oxygen atoms in total. The second-order valence-corrected chi connectivity index (χ2v) is 10.0. The molecule has 0 N–H and O–H groups in total. The van der Waals surface area contributed by atoms with Crippen molar-refractivity contribution in [1.82, 2.24) is 29.9 Å². The SMILES string of the molecule is Cn1c(SCCCN2CC[C@@]3(C[C@H]3c3ccc(C(F)(F)F)cc3)C2)nnc1-c1cccnn1. The second kappa shape index (κ2) is 8.72. The fourth-order valence-corrected chi connectivity index (χ4v) is 5.72. The zero-order chi connectivity index (χ0) is 23.1. The van der Waals surface area contributed by atoms with Gasteiger partial charge in [0.05, 0.1) is 5.56 Å². The Balaban J connectivity index is 1.09. The zero-order valence-electron chi connectivity index (χ0n) is 18.3. The van der Waals surface area contributed by atoms with Gasteiger partial charge in [0.1, 0.15) is 5.69 Å². The average Bonchev–Trinajstić information content (AvgIpc) is 3.15. The largest absolute Gasteiger partial charge is 0.416 e. The van der Waals surface area contributed by atoms with E-state index < -0.39 is 11.7 Å². The molecule has 1 aliphatic carbocycles. The van der Waals surface area contributed by atoms with Gasteiger partial charge in [-0.25, -0.2) is 0 Å². The lowest BCUT2D eigenvalue weighted by Crippen LogP contribution is -2.23. The van der Waals surface area contributed by atoms with Gasteiger partial charge in [0.15, 0.2) is 11.0 Å². The lowest BCUT2D eigenvalue weighted by molar-refractivity contribution is -0.137. The highest BCUT2D eigenvalue weighted by atomic mass is 32.2. The Bertz CT molecular complexity index is 1100. The molecule has 1 aliphatic heterocycles. The molecular formula is C23H25F3N6S. The van der Waals surface area contributed by atoms with Crippen LogP contribution in [0.15, 0.2) is 47.8 Å². The summed E-state index contributed by atoms with van der Waals surface area (Å²) < 4.78 is 40.4. The Morgan fingerprint density at radius 3 is 2.67 bits per heavy atom. The molecule has 174 valence electrons. The number of rotatable bonds is 7. The second-order valence-electron chi connectivity index (χ2n) is 8.94. The van der Waals surface area contributed by atoms with Gasteiger partial charge in [-0.1, -0.05) is 23.9 Å². The van der Waals surface area contributed by atoms with Crippen LogP contribution < -0.4 is 0 Å². The first-order valence-electron chi connectivity index (χ1n) is 11.1. The molecule has 2 aliphatic rings. The van der Waals surface area contributed by atoms with Crippen LogP contribution in [0, 0.1) is 5.41 Å². The third kappa shape index (κ3) is 4.63. The van der Waals surface area contributed by atoms with Gasteiger partial charge >= 0.3 is 6.18 Å². The van der Waals surface area contributed by atoms with E-state index in [1.165, 1.54) is 12.1 Å². The van der Waals surface area contributed by atoms with Crippen LogP contribution in [0.2, 0.25) is 0 Å². The fraction of sp³-hybridized carbons (Fsp3) is 0.478. The normalized spacial score (nSPS) is 22.8. The number of hydrogen-bond donors (Lipinski definition) is 0. The summed E-state index contributed by atoms with van der Waals surface area (Å²) >= 11 is 1.68. The van der Waals surface area contributed by atoms with E-state index in [2.05, 4.69) is 25.3 Å². The van der Waals surface area contributed by atoms with E-state index in [0.29, 0.717) is 17.4 Å². The first-order valence-corrected chi connectivity index (χ1v) is 12.0. The molecule has 3 heterocycles. The summed E-state index contributed by atoms with van der Waals surface area (Å²) in [5, 5.41) is 17.4. The molecule has 1 spiro atoms. The Morgan fingerprint density at radius 2 is 1.94 bits per heavy atom. The molecule has 1 saturated heterocycles. The molecule has 2 atom stereocenters.